The Balaban J connectivity index is 1.58. The fourth-order valence-electron chi connectivity index (χ4n) is 5.05. The first kappa shape index (κ1) is 34.0. The summed E-state index contributed by atoms with van der Waals surface area (Å²) in [6, 6.07) is 7.70. The lowest BCUT2D eigenvalue weighted by molar-refractivity contribution is -0.170. The smallest absolute Gasteiger partial charge is 0.409 e. The number of rotatable bonds is 12. The molecule has 1 saturated carbocycles. The van der Waals surface area contributed by atoms with Crippen molar-refractivity contribution < 1.29 is 42.9 Å². The van der Waals surface area contributed by atoms with Gasteiger partial charge in [0.25, 0.3) is 5.91 Å². The highest BCUT2D eigenvalue weighted by molar-refractivity contribution is 14.1. The van der Waals surface area contributed by atoms with E-state index in [4.69, 9.17) is 18.9 Å². The SMILES string of the molecule is CCOC(=O)N1CCN(C(=O)C(CCC(=O)OC)NC(=O)c2cc(OC3(C(=O)OCC)CCC3)n(-c3ccccc3I)n2)CC1. The minimum absolute atomic E-state index is 0.0119. The Morgan fingerprint density at radius 1 is 1.00 bits per heavy atom. The molecule has 15 heteroatoms. The van der Waals surface area contributed by atoms with Gasteiger partial charge in [-0.3, -0.25) is 14.4 Å². The van der Waals surface area contributed by atoms with Gasteiger partial charge in [0.15, 0.2) is 5.69 Å². The second-order valence-corrected chi connectivity index (χ2v) is 11.7. The molecule has 0 radical (unpaired) electrons. The van der Waals surface area contributed by atoms with E-state index in [-0.39, 0.29) is 63.8 Å². The van der Waals surface area contributed by atoms with Gasteiger partial charge in [-0.1, -0.05) is 12.1 Å². The summed E-state index contributed by atoms with van der Waals surface area (Å²) >= 11 is 2.14. The Hall–Kier alpha value is -3.89. The summed E-state index contributed by atoms with van der Waals surface area (Å²) in [7, 11) is 1.25. The maximum absolute atomic E-state index is 13.6. The monoisotopic (exact) mass is 739 g/mol. The number of aromatic nitrogens is 2. The number of benzene rings is 1. The third kappa shape index (κ3) is 8.04. The topological polar surface area (TPSA) is 159 Å². The van der Waals surface area contributed by atoms with Gasteiger partial charge in [-0.2, -0.15) is 9.78 Å². The van der Waals surface area contributed by atoms with Crippen molar-refractivity contribution in [3.05, 3.63) is 39.6 Å². The van der Waals surface area contributed by atoms with Crippen LogP contribution in [0.15, 0.2) is 30.3 Å². The molecule has 1 N–H and O–H groups in total. The first-order chi connectivity index (χ1) is 21.6. The predicted molar refractivity (Wildman–Crippen MR) is 168 cm³/mol. The highest BCUT2D eigenvalue weighted by atomic mass is 127. The highest BCUT2D eigenvalue weighted by Crippen LogP contribution is 2.39. The maximum atomic E-state index is 13.6. The largest absolute Gasteiger partial charge is 0.469 e. The molecule has 244 valence electrons. The summed E-state index contributed by atoms with van der Waals surface area (Å²) in [6.07, 6.45) is 1.12. The molecule has 1 aliphatic heterocycles. The summed E-state index contributed by atoms with van der Waals surface area (Å²) in [4.78, 5) is 67.2. The summed E-state index contributed by atoms with van der Waals surface area (Å²) in [6.45, 7) is 4.89. The van der Waals surface area contributed by atoms with Crippen molar-refractivity contribution in [1.29, 1.82) is 0 Å². The third-order valence-corrected chi connectivity index (χ3v) is 8.60. The molecule has 0 bridgehead atoms. The quantitative estimate of drug-likeness (QED) is 0.195. The van der Waals surface area contributed by atoms with Gasteiger partial charge in [-0.05, 0) is 74.3 Å². The zero-order valence-corrected chi connectivity index (χ0v) is 27.7. The van der Waals surface area contributed by atoms with Crippen molar-refractivity contribution in [2.75, 3.05) is 46.5 Å². The molecule has 0 spiro atoms. The van der Waals surface area contributed by atoms with Gasteiger partial charge < -0.3 is 34.1 Å². The van der Waals surface area contributed by atoms with E-state index < -0.39 is 41.5 Å². The first-order valence-corrected chi connectivity index (χ1v) is 16.0. The van der Waals surface area contributed by atoms with E-state index in [0.717, 1.165) is 9.99 Å². The molecule has 1 aromatic carbocycles. The number of piperazine rings is 1. The number of para-hydroxylation sites is 1. The summed E-state index contributed by atoms with van der Waals surface area (Å²) in [5.74, 6) is -1.91. The molecule has 45 heavy (non-hydrogen) atoms. The van der Waals surface area contributed by atoms with Crippen molar-refractivity contribution in [2.45, 2.75) is 57.6 Å². The fourth-order valence-corrected chi connectivity index (χ4v) is 5.67. The number of hydrogen-bond donors (Lipinski definition) is 1. The van der Waals surface area contributed by atoms with Crippen molar-refractivity contribution >= 4 is 52.4 Å². The lowest BCUT2D eigenvalue weighted by atomic mass is 9.80. The molecule has 4 rings (SSSR count). The molecule has 3 amide bonds. The van der Waals surface area contributed by atoms with E-state index in [1.807, 2.05) is 18.2 Å². The lowest BCUT2D eigenvalue weighted by Crippen LogP contribution is -2.56. The van der Waals surface area contributed by atoms with Crippen LogP contribution in [0.25, 0.3) is 5.69 Å². The summed E-state index contributed by atoms with van der Waals surface area (Å²) < 4.78 is 23.6. The molecule has 2 heterocycles. The maximum Gasteiger partial charge on any atom is 0.409 e. The minimum Gasteiger partial charge on any atom is -0.469 e. The summed E-state index contributed by atoms with van der Waals surface area (Å²) in [5.41, 5.74) is -0.610. The van der Waals surface area contributed by atoms with Crippen LogP contribution < -0.4 is 10.1 Å². The molecule has 1 unspecified atom stereocenters. The molecule has 1 atom stereocenters. The number of halogens is 1. The van der Waals surface area contributed by atoms with Crippen LogP contribution >= 0.6 is 22.6 Å². The van der Waals surface area contributed by atoms with E-state index in [2.05, 4.69) is 33.0 Å². The number of nitrogens with zero attached hydrogens (tertiary/aromatic N) is 4. The Kier molecular flexibility index (Phi) is 11.6. The van der Waals surface area contributed by atoms with Gasteiger partial charge in [0, 0.05) is 42.2 Å². The Morgan fingerprint density at radius 2 is 1.67 bits per heavy atom. The normalized spacial score (nSPS) is 16.2. The second-order valence-electron chi connectivity index (χ2n) is 10.6. The van der Waals surface area contributed by atoms with Gasteiger partial charge in [0.2, 0.25) is 17.4 Å². The molecule has 2 aliphatic rings. The van der Waals surface area contributed by atoms with Crippen LogP contribution in [0.5, 0.6) is 5.88 Å². The highest BCUT2D eigenvalue weighted by Gasteiger charge is 2.49. The molecule has 14 nitrogen and oxygen atoms in total. The zero-order valence-electron chi connectivity index (χ0n) is 25.6. The molecule has 2 aromatic rings. The average Bonchev–Trinajstić information content (AvgIpc) is 3.44. The van der Waals surface area contributed by atoms with Crippen molar-refractivity contribution in [2.24, 2.45) is 0 Å². The average molecular weight is 740 g/mol. The van der Waals surface area contributed by atoms with Crippen LogP contribution in [0.1, 0.15) is 56.4 Å². The van der Waals surface area contributed by atoms with Crippen LogP contribution in [0.2, 0.25) is 0 Å². The number of methoxy groups -OCH3 is 1. The van der Waals surface area contributed by atoms with Gasteiger partial charge in [-0.15, -0.1) is 0 Å². The van der Waals surface area contributed by atoms with Crippen LogP contribution in [0, 0.1) is 3.57 Å². The van der Waals surface area contributed by atoms with Gasteiger partial charge in [0.1, 0.15) is 6.04 Å². The van der Waals surface area contributed by atoms with E-state index in [1.165, 1.54) is 27.7 Å². The van der Waals surface area contributed by atoms with E-state index in [0.29, 0.717) is 18.5 Å². The van der Waals surface area contributed by atoms with Gasteiger partial charge in [-0.25, -0.2) is 9.59 Å². The predicted octanol–water partition coefficient (Wildman–Crippen LogP) is 2.69. The Morgan fingerprint density at radius 3 is 2.27 bits per heavy atom. The van der Waals surface area contributed by atoms with Crippen LogP contribution in [-0.4, -0.2) is 108 Å². The van der Waals surface area contributed by atoms with E-state index in [9.17, 15) is 24.0 Å². The second kappa shape index (κ2) is 15.4. The van der Waals surface area contributed by atoms with Crippen molar-refractivity contribution in [3.8, 4) is 11.6 Å². The van der Waals surface area contributed by atoms with E-state index in [1.54, 1.807) is 19.9 Å². The number of esters is 2. The van der Waals surface area contributed by atoms with Crippen LogP contribution in [0.3, 0.4) is 0 Å². The summed E-state index contributed by atoms with van der Waals surface area (Å²) in [5, 5.41) is 7.26. The van der Waals surface area contributed by atoms with Crippen LogP contribution in [-0.2, 0) is 28.6 Å². The number of amides is 3. The lowest BCUT2D eigenvalue weighted by Gasteiger charge is -2.38. The molecular formula is C30H38IN5O9. The molecule has 1 aliphatic carbocycles. The number of hydrogen-bond acceptors (Lipinski definition) is 10. The van der Waals surface area contributed by atoms with E-state index >= 15 is 0 Å². The Labute approximate surface area is 274 Å². The van der Waals surface area contributed by atoms with Gasteiger partial charge >= 0.3 is 18.0 Å². The third-order valence-electron chi connectivity index (χ3n) is 7.68. The zero-order chi connectivity index (χ0) is 32.6. The molecular weight excluding hydrogens is 701 g/mol. The standard InChI is InChI=1S/C30H38IN5O9/c1-4-43-28(40)30(13-8-14-30)45-24-19-22(33-36(24)23-10-7-6-9-20(23)31)26(38)32-21(11-12-25(37)42-3)27(39)34-15-17-35(18-16-34)29(41)44-5-2/h6-7,9-10,19,21H,4-5,8,11-18H2,1-3H3,(H,32,38). The van der Waals surface area contributed by atoms with Crippen LogP contribution in [0.4, 0.5) is 4.79 Å². The molecule has 2 fully saturated rings. The van der Waals surface area contributed by atoms with Crippen molar-refractivity contribution in [3.63, 3.8) is 0 Å². The number of ether oxygens (including phenoxy) is 4. The number of carbonyl (C=O) groups excluding carboxylic acids is 5. The number of carbonyl (C=O) groups is 5. The number of nitrogens with one attached hydrogen (secondary N) is 1. The first-order valence-electron chi connectivity index (χ1n) is 14.9. The molecule has 1 aromatic heterocycles. The minimum atomic E-state index is -1.19. The van der Waals surface area contributed by atoms with Crippen molar-refractivity contribution in [1.82, 2.24) is 24.9 Å². The molecule has 1 saturated heterocycles. The fraction of sp³-hybridized carbons (Fsp3) is 0.533. The Bertz CT molecular complexity index is 1400. The van der Waals surface area contributed by atoms with Gasteiger partial charge in [0.05, 0.1) is 26.0 Å².